The van der Waals surface area contributed by atoms with Crippen molar-refractivity contribution in [2.24, 2.45) is 0 Å². The Hall–Kier alpha value is -2.69. The van der Waals surface area contributed by atoms with E-state index in [0.717, 1.165) is 12.0 Å². The van der Waals surface area contributed by atoms with Crippen molar-refractivity contribution in [3.8, 4) is 0 Å². The summed E-state index contributed by atoms with van der Waals surface area (Å²) >= 11 is 0. The van der Waals surface area contributed by atoms with Crippen molar-refractivity contribution in [1.82, 2.24) is 10.2 Å². The van der Waals surface area contributed by atoms with Crippen LogP contribution in [0.25, 0.3) is 0 Å². The third kappa shape index (κ3) is 5.64. The lowest BCUT2D eigenvalue weighted by Crippen LogP contribution is -2.46. The van der Waals surface area contributed by atoms with Gasteiger partial charge in [0.05, 0.1) is 0 Å². The zero-order valence-corrected chi connectivity index (χ0v) is 16.2. The Morgan fingerprint density at radius 2 is 1.70 bits per heavy atom. The lowest BCUT2D eigenvalue weighted by molar-refractivity contribution is -0.140. The van der Waals surface area contributed by atoms with E-state index < -0.39 is 6.04 Å². The van der Waals surface area contributed by atoms with Crippen LogP contribution < -0.4 is 5.32 Å². The molecule has 0 aliphatic rings. The van der Waals surface area contributed by atoms with Crippen LogP contribution in [-0.2, 0) is 29.0 Å². The van der Waals surface area contributed by atoms with Gasteiger partial charge in [-0.05, 0) is 37.0 Å². The number of likely N-dealkylation sites (N-methyl/N-ethyl adjacent to an activating group) is 1. The van der Waals surface area contributed by atoms with E-state index in [2.05, 4.69) is 24.4 Å². The summed E-state index contributed by atoms with van der Waals surface area (Å²) in [6.07, 6.45) is 1.82. The summed E-state index contributed by atoms with van der Waals surface area (Å²) in [5.41, 5.74) is 2.72. The molecule has 2 amide bonds. The van der Waals surface area contributed by atoms with Crippen molar-refractivity contribution in [1.29, 1.82) is 0 Å². The number of hydrogen-bond donors (Lipinski definition) is 1. The number of amides is 2. The highest BCUT2D eigenvalue weighted by Crippen LogP contribution is 2.15. The molecule has 144 valence electrons. The lowest BCUT2D eigenvalue weighted by Gasteiger charge is -2.28. The maximum atomic E-state index is 14.0. The van der Waals surface area contributed by atoms with Gasteiger partial charge in [-0.2, -0.15) is 0 Å². The molecule has 0 aromatic heterocycles. The van der Waals surface area contributed by atoms with Crippen LogP contribution in [0.1, 0.15) is 37.0 Å². The molecule has 1 N–H and O–H groups in total. The van der Waals surface area contributed by atoms with Crippen LogP contribution in [0, 0.1) is 5.82 Å². The van der Waals surface area contributed by atoms with Crippen LogP contribution >= 0.6 is 0 Å². The van der Waals surface area contributed by atoms with Gasteiger partial charge in [-0.3, -0.25) is 9.59 Å². The van der Waals surface area contributed by atoms with Crippen LogP contribution in [0.2, 0.25) is 0 Å². The Balaban J connectivity index is 2.12. The van der Waals surface area contributed by atoms with E-state index in [1.54, 1.807) is 25.1 Å². The molecule has 1 atom stereocenters. The molecule has 27 heavy (non-hydrogen) atoms. The minimum atomic E-state index is -0.676. The number of nitrogens with zero attached hydrogens (tertiary/aromatic N) is 1. The van der Waals surface area contributed by atoms with Crippen molar-refractivity contribution < 1.29 is 14.0 Å². The monoisotopic (exact) mass is 370 g/mol. The standard InChI is InChI=1S/C22H27FN2O2/c1-4-17-9-11-18(12-10-17)13-14-21(26)25(16(2)22(27)24-3)15-19-7-5-6-8-20(19)23/h5-12,16H,4,13-15H2,1-3H3,(H,24,27). The van der Waals surface area contributed by atoms with Gasteiger partial charge in [-0.1, -0.05) is 49.4 Å². The molecule has 5 heteroatoms. The van der Waals surface area contributed by atoms with Crippen LogP contribution in [-0.4, -0.2) is 29.8 Å². The summed E-state index contributed by atoms with van der Waals surface area (Å²) in [6.45, 7) is 3.82. The average molecular weight is 370 g/mol. The van der Waals surface area contributed by atoms with E-state index in [0.29, 0.717) is 12.0 Å². The Bertz CT molecular complexity index is 774. The Kier molecular flexibility index (Phi) is 7.53. The largest absolute Gasteiger partial charge is 0.357 e. The zero-order valence-electron chi connectivity index (χ0n) is 16.2. The van der Waals surface area contributed by atoms with Gasteiger partial charge in [0.15, 0.2) is 0 Å². The third-order valence-electron chi connectivity index (χ3n) is 4.77. The van der Waals surface area contributed by atoms with Crippen molar-refractivity contribution in [3.05, 3.63) is 71.0 Å². The number of aryl methyl sites for hydroxylation is 2. The van der Waals surface area contributed by atoms with Crippen molar-refractivity contribution in [2.45, 2.75) is 45.7 Å². The fraction of sp³-hybridized carbons (Fsp3) is 0.364. The van der Waals surface area contributed by atoms with Crippen LogP contribution in [0.3, 0.4) is 0 Å². The lowest BCUT2D eigenvalue weighted by atomic mass is 10.0. The van der Waals surface area contributed by atoms with Crippen LogP contribution in [0.15, 0.2) is 48.5 Å². The second-order valence-corrected chi connectivity index (χ2v) is 6.57. The Morgan fingerprint density at radius 3 is 2.30 bits per heavy atom. The molecule has 0 fully saturated rings. The first kappa shape index (κ1) is 20.6. The molecule has 0 aliphatic heterocycles. The van der Waals surface area contributed by atoms with E-state index >= 15 is 0 Å². The first-order chi connectivity index (χ1) is 13.0. The molecule has 0 aliphatic carbocycles. The highest BCUT2D eigenvalue weighted by molar-refractivity contribution is 5.87. The first-order valence-electron chi connectivity index (χ1n) is 9.28. The van der Waals surface area contributed by atoms with E-state index in [-0.39, 0.29) is 30.6 Å². The quantitative estimate of drug-likeness (QED) is 0.773. The molecular formula is C22H27FN2O2. The predicted octanol–water partition coefficient (Wildman–Crippen LogP) is 3.48. The second kappa shape index (κ2) is 9.86. The van der Waals surface area contributed by atoms with Gasteiger partial charge in [0.2, 0.25) is 11.8 Å². The maximum absolute atomic E-state index is 14.0. The second-order valence-electron chi connectivity index (χ2n) is 6.57. The SMILES string of the molecule is CCc1ccc(CCC(=O)N(Cc2ccccc2F)C(C)C(=O)NC)cc1. The summed E-state index contributed by atoms with van der Waals surface area (Å²) in [5.74, 6) is -0.824. The number of hydrogen-bond acceptors (Lipinski definition) is 2. The fourth-order valence-electron chi connectivity index (χ4n) is 2.94. The van der Waals surface area contributed by atoms with Gasteiger partial charge in [0, 0.05) is 25.6 Å². The number of benzene rings is 2. The summed E-state index contributed by atoms with van der Waals surface area (Å²) in [4.78, 5) is 26.4. The fourth-order valence-corrected chi connectivity index (χ4v) is 2.94. The van der Waals surface area contributed by atoms with Gasteiger partial charge in [0.1, 0.15) is 11.9 Å². The van der Waals surface area contributed by atoms with E-state index in [9.17, 15) is 14.0 Å². The Labute approximate surface area is 160 Å². The molecule has 0 spiro atoms. The van der Waals surface area contributed by atoms with Crippen molar-refractivity contribution in [3.63, 3.8) is 0 Å². The van der Waals surface area contributed by atoms with E-state index in [4.69, 9.17) is 0 Å². The van der Waals surface area contributed by atoms with Gasteiger partial charge < -0.3 is 10.2 Å². The van der Waals surface area contributed by atoms with Gasteiger partial charge >= 0.3 is 0 Å². The highest BCUT2D eigenvalue weighted by Gasteiger charge is 2.25. The molecule has 2 aromatic carbocycles. The minimum absolute atomic E-state index is 0.0644. The number of halogens is 1. The van der Waals surface area contributed by atoms with Crippen molar-refractivity contribution in [2.75, 3.05) is 7.05 Å². The predicted molar refractivity (Wildman–Crippen MR) is 105 cm³/mol. The first-order valence-corrected chi connectivity index (χ1v) is 9.28. The highest BCUT2D eigenvalue weighted by atomic mass is 19.1. The molecule has 0 heterocycles. The number of carbonyl (C=O) groups is 2. The number of carbonyl (C=O) groups excluding carboxylic acids is 2. The molecule has 0 radical (unpaired) electrons. The summed E-state index contributed by atoms with van der Waals surface area (Å²) in [7, 11) is 1.53. The van der Waals surface area contributed by atoms with E-state index in [1.807, 2.05) is 12.1 Å². The average Bonchev–Trinajstić information content (AvgIpc) is 2.70. The molecule has 4 nitrogen and oxygen atoms in total. The maximum Gasteiger partial charge on any atom is 0.242 e. The van der Waals surface area contributed by atoms with Crippen molar-refractivity contribution >= 4 is 11.8 Å². The summed E-state index contributed by atoms with van der Waals surface area (Å²) in [6, 6.07) is 13.8. The molecular weight excluding hydrogens is 343 g/mol. The Morgan fingerprint density at radius 1 is 1.07 bits per heavy atom. The van der Waals surface area contributed by atoms with Gasteiger partial charge in [0.25, 0.3) is 0 Å². The normalized spacial score (nSPS) is 11.7. The van der Waals surface area contributed by atoms with E-state index in [1.165, 1.54) is 23.6 Å². The smallest absolute Gasteiger partial charge is 0.242 e. The molecule has 0 bridgehead atoms. The zero-order chi connectivity index (χ0) is 19.8. The van der Waals surface area contributed by atoms with Crippen LogP contribution in [0.5, 0.6) is 0 Å². The minimum Gasteiger partial charge on any atom is -0.357 e. The van der Waals surface area contributed by atoms with Gasteiger partial charge in [-0.25, -0.2) is 4.39 Å². The molecule has 0 saturated carbocycles. The third-order valence-corrected chi connectivity index (χ3v) is 4.77. The summed E-state index contributed by atoms with van der Waals surface area (Å²) < 4.78 is 14.0. The summed E-state index contributed by atoms with van der Waals surface area (Å²) in [5, 5.41) is 2.56. The number of nitrogens with one attached hydrogen (secondary N) is 1. The van der Waals surface area contributed by atoms with Crippen LogP contribution in [0.4, 0.5) is 4.39 Å². The molecule has 2 aromatic rings. The van der Waals surface area contributed by atoms with Gasteiger partial charge in [-0.15, -0.1) is 0 Å². The molecule has 1 unspecified atom stereocenters. The number of rotatable bonds is 8. The molecule has 0 saturated heterocycles. The molecule has 2 rings (SSSR count). The topological polar surface area (TPSA) is 49.4 Å².